The zero-order valence-corrected chi connectivity index (χ0v) is 12.4. The van der Waals surface area contributed by atoms with Crippen molar-refractivity contribution in [2.24, 2.45) is 0 Å². The summed E-state index contributed by atoms with van der Waals surface area (Å²) >= 11 is 1.32. The largest absolute Gasteiger partial charge is 0.466 e. The quantitative estimate of drug-likeness (QED) is 0.834. The predicted octanol–water partition coefficient (Wildman–Crippen LogP) is 2.59. The van der Waals surface area contributed by atoms with Crippen LogP contribution in [-0.4, -0.2) is 28.0 Å². The van der Waals surface area contributed by atoms with E-state index < -0.39 is 0 Å². The maximum atomic E-state index is 11.3. The molecule has 0 bridgehead atoms. The molecule has 0 aromatic carbocycles. The molecule has 1 aromatic heterocycles. The molecule has 6 heteroatoms. The average Bonchev–Trinajstić information content (AvgIpc) is 2.65. The first-order valence-corrected chi connectivity index (χ1v) is 6.86. The molecule has 1 N–H and O–H groups in total. The van der Waals surface area contributed by atoms with Crippen molar-refractivity contribution in [2.75, 3.05) is 11.9 Å². The number of anilines is 1. The van der Waals surface area contributed by atoms with Crippen LogP contribution in [-0.2, 0) is 14.9 Å². The lowest BCUT2D eigenvalue weighted by Gasteiger charge is -2.13. The van der Waals surface area contributed by atoms with E-state index in [-0.39, 0.29) is 17.4 Å². The molecule has 1 atom stereocenters. The normalized spacial score (nSPS) is 13.2. The van der Waals surface area contributed by atoms with Gasteiger partial charge in [-0.15, -0.1) is 0 Å². The summed E-state index contributed by atoms with van der Waals surface area (Å²) < 4.78 is 9.21. The average molecular weight is 271 g/mol. The van der Waals surface area contributed by atoms with Crippen LogP contribution in [0, 0.1) is 0 Å². The van der Waals surface area contributed by atoms with Gasteiger partial charge in [0.2, 0.25) is 5.13 Å². The highest BCUT2D eigenvalue weighted by atomic mass is 32.1. The minimum Gasteiger partial charge on any atom is -0.466 e. The molecule has 0 amide bonds. The number of hydrogen-bond donors (Lipinski definition) is 1. The minimum absolute atomic E-state index is 0.00943. The first kappa shape index (κ1) is 14.9. The Balaban J connectivity index is 2.52. The van der Waals surface area contributed by atoms with Gasteiger partial charge >= 0.3 is 5.97 Å². The lowest BCUT2D eigenvalue weighted by molar-refractivity contribution is -0.143. The third-order valence-corrected chi connectivity index (χ3v) is 2.89. The number of esters is 1. The number of nitrogens with one attached hydrogen (secondary N) is 1. The van der Waals surface area contributed by atoms with Crippen molar-refractivity contribution in [2.45, 2.75) is 52.5 Å². The Kier molecular flexibility index (Phi) is 5.07. The topological polar surface area (TPSA) is 64.1 Å². The van der Waals surface area contributed by atoms with Crippen LogP contribution in [0.3, 0.4) is 0 Å². The number of hydrogen-bond acceptors (Lipinski definition) is 6. The van der Waals surface area contributed by atoms with Gasteiger partial charge in [0.05, 0.1) is 13.0 Å². The molecule has 0 saturated heterocycles. The van der Waals surface area contributed by atoms with Crippen molar-refractivity contribution in [1.82, 2.24) is 9.36 Å². The molecule has 1 unspecified atom stereocenters. The Labute approximate surface area is 112 Å². The van der Waals surface area contributed by atoms with Crippen molar-refractivity contribution >= 4 is 22.6 Å². The molecule has 1 heterocycles. The second-order valence-corrected chi connectivity index (χ2v) is 5.98. The highest BCUT2D eigenvalue weighted by Gasteiger charge is 2.20. The lowest BCUT2D eigenvalue weighted by atomic mass is 9.96. The van der Waals surface area contributed by atoms with E-state index in [1.165, 1.54) is 11.5 Å². The molecule has 5 nitrogen and oxygen atoms in total. The van der Waals surface area contributed by atoms with E-state index in [9.17, 15) is 4.79 Å². The van der Waals surface area contributed by atoms with Gasteiger partial charge in [-0.3, -0.25) is 4.79 Å². The molecule has 102 valence electrons. The van der Waals surface area contributed by atoms with Gasteiger partial charge < -0.3 is 10.1 Å². The van der Waals surface area contributed by atoms with Crippen LogP contribution >= 0.6 is 11.5 Å². The van der Waals surface area contributed by atoms with E-state index in [0.29, 0.717) is 13.0 Å². The fourth-order valence-electron chi connectivity index (χ4n) is 1.32. The SMILES string of the molecule is CCOC(=O)CC(C)Nc1nc(C(C)(C)C)ns1. The first-order valence-electron chi connectivity index (χ1n) is 6.09. The Morgan fingerprint density at radius 1 is 1.50 bits per heavy atom. The van der Waals surface area contributed by atoms with Crippen LogP contribution in [0.1, 0.15) is 46.9 Å². The van der Waals surface area contributed by atoms with Gasteiger partial charge in [0, 0.05) is 23.0 Å². The molecule has 0 saturated carbocycles. The fraction of sp³-hybridized carbons (Fsp3) is 0.750. The molecule has 0 aliphatic carbocycles. The van der Waals surface area contributed by atoms with Crippen LogP contribution < -0.4 is 5.32 Å². The summed E-state index contributed by atoms with van der Waals surface area (Å²) in [4.78, 5) is 15.7. The summed E-state index contributed by atoms with van der Waals surface area (Å²) in [6.45, 7) is 10.4. The molecule has 1 aromatic rings. The van der Waals surface area contributed by atoms with Crippen LogP contribution in [0.4, 0.5) is 5.13 Å². The van der Waals surface area contributed by atoms with Crippen molar-refractivity contribution in [3.63, 3.8) is 0 Å². The maximum Gasteiger partial charge on any atom is 0.307 e. The number of nitrogens with zero attached hydrogens (tertiary/aromatic N) is 2. The Hall–Kier alpha value is -1.17. The third-order valence-electron chi connectivity index (χ3n) is 2.24. The Morgan fingerprint density at radius 2 is 2.17 bits per heavy atom. The standard InChI is InChI=1S/C12H21N3O2S/c1-6-17-9(16)7-8(2)13-11-14-10(15-18-11)12(3,4)5/h8H,6-7H2,1-5H3,(H,13,14,15). The highest BCUT2D eigenvalue weighted by Crippen LogP contribution is 2.23. The van der Waals surface area contributed by atoms with Crippen molar-refractivity contribution in [3.05, 3.63) is 5.82 Å². The number of aromatic nitrogens is 2. The summed E-state index contributed by atoms with van der Waals surface area (Å²) in [5.41, 5.74) is -0.0548. The zero-order valence-electron chi connectivity index (χ0n) is 11.6. The van der Waals surface area contributed by atoms with Crippen molar-refractivity contribution < 1.29 is 9.53 Å². The van der Waals surface area contributed by atoms with E-state index in [1.54, 1.807) is 6.92 Å². The van der Waals surface area contributed by atoms with Crippen molar-refractivity contribution in [3.8, 4) is 0 Å². The summed E-state index contributed by atoms with van der Waals surface area (Å²) in [7, 11) is 0. The molecule has 0 aliphatic rings. The predicted molar refractivity (Wildman–Crippen MR) is 72.9 cm³/mol. The van der Waals surface area contributed by atoms with E-state index in [4.69, 9.17) is 4.74 Å². The van der Waals surface area contributed by atoms with Gasteiger partial charge in [-0.25, -0.2) is 4.98 Å². The van der Waals surface area contributed by atoms with Gasteiger partial charge in [-0.2, -0.15) is 4.37 Å². The molecule has 18 heavy (non-hydrogen) atoms. The van der Waals surface area contributed by atoms with Gasteiger partial charge in [-0.1, -0.05) is 20.8 Å². The van der Waals surface area contributed by atoms with E-state index in [0.717, 1.165) is 11.0 Å². The van der Waals surface area contributed by atoms with Gasteiger partial charge in [-0.05, 0) is 13.8 Å². The second-order valence-electron chi connectivity index (χ2n) is 5.23. The molecule has 0 spiro atoms. The van der Waals surface area contributed by atoms with E-state index in [2.05, 4.69) is 35.4 Å². The molecule has 0 radical (unpaired) electrons. The minimum atomic E-state index is -0.196. The first-order chi connectivity index (χ1) is 8.32. The van der Waals surface area contributed by atoms with Gasteiger partial charge in [0.25, 0.3) is 0 Å². The maximum absolute atomic E-state index is 11.3. The van der Waals surface area contributed by atoms with Crippen molar-refractivity contribution in [1.29, 1.82) is 0 Å². The molecule has 1 rings (SSSR count). The second kappa shape index (κ2) is 6.13. The smallest absolute Gasteiger partial charge is 0.307 e. The van der Waals surface area contributed by atoms with E-state index in [1.807, 2.05) is 6.92 Å². The molecular weight excluding hydrogens is 250 g/mol. The number of ether oxygens (including phenoxy) is 1. The van der Waals surface area contributed by atoms with Crippen LogP contribution in [0.25, 0.3) is 0 Å². The summed E-state index contributed by atoms with van der Waals surface area (Å²) in [6.07, 6.45) is 0.332. The van der Waals surface area contributed by atoms with Gasteiger partial charge in [0.1, 0.15) is 5.82 Å². The highest BCUT2D eigenvalue weighted by molar-refractivity contribution is 7.09. The molecular formula is C12H21N3O2S. The van der Waals surface area contributed by atoms with E-state index >= 15 is 0 Å². The Bertz CT molecular complexity index is 398. The monoisotopic (exact) mass is 271 g/mol. The molecule has 0 fully saturated rings. The summed E-state index contributed by atoms with van der Waals surface area (Å²) in [5, 5.41) is 3.91. The number of rotatable bonds is 5. The van der Waals surface area contributed by atoms with Crippen LogP contribution in [0.5, 0.6) is 0 Å². The molecule has 0 aliphatic heterocycles. The Morgan fingerprint density at radius 3 is 2.67 bits per heavy atom. The van der Waals surface area contributed by atoms with Crippen LogP contribution in [0.2, 0.25) is 0 Å². The fourth-order valence-corrected chi connectivity index (χ4v) is 2.19. The summed E-state index contributed by atoms with van der Waals surface area (Å²) in [6, 6.07) is -0.00943. The number of carbonyl (C=O) groups excluding carboxylic acids is 1. The zero-order chi connectivity index (χ0) is 13.8. The lowest BCUT2D eigenvalue weighted by Crippen LogP contribution is -2.21. The third kappa shape index (κ3) is 4.60. The summed E-state index contributed by atoms with van der Waals surface area (Å²) in [5.74, 6) is 0.622. The number of carbonyl (C=O) groups is 1. The van der Waals surface area contributed by atoms with Gasteiger partial charge in [0.15, 0.2) is 0 Å². The van der Waals surface area contributed by atoms with Crippen LogP contribution in [0.15, 0.2) is 0 Å².